The van der Waals surface area contributed by atoms with Crippen molar-refractivity contribution in [3.05, 3.63) is 22.3 Å². The summed E-state index contributed by atoms with van der Waals surface area (Å²) < 4.78 is 0. The standard InChI is InChI=1S/C11H9N3S/c1-6(3-12)9-10(7(2)4-13)11(9)8(15)5-14/h8,11,15H,1-2H3/b9-6-,10-7?. The second kappa shape index (κ2) is 4.22. The van der Waals surface area contributed by atoms with Gasteiger partial charge in [-0.25, -0.2) is 0 Å². The number of rotatable bonds is 1. The minimum Gasteiger partial charge on any atom is -0.197 e. The first kappa shape index (κ1) is 11.4. The van der Waals surface area contributed by atoms with E-state index in [1.54, 1.807) is 13.8 Å². The Hall–Kier alpha value is -1.70. The molecule has 0 spiro atoms. The lowest BCUT2D eigenvalue weighted by Crippen LogP contribution is -1.97. The summed E-state index contributed by atoms with van der Waals surface area (Å²) in [7, 11) is 0. The molecule has 1 saturated carbocycles. The lowest BCUT2D eigenvalue weighted by molar-refractivity contribution is 0.976. The Balaban J connectivity index is 3.22. The summed E-state index contributed by atoms with van der Waals surface area (Å²) in [5.74, 6) is -0.141. The van der Waals surface area contributed by atoms with Crippen LogP contribution in [0.1, 0.15) is 13.8 Å². The Morgan fingerprint density at radius 3 is 1.80 bits per heavy atom. The van der Waals surface area contributed by atoms with Crippen LogP contribution in [0.3, 0.4) is 0 Å². The molecular formula is C11H9N3S. The van der Waals surface area contributed by atoms with Crippen LogP contribution >= 0.6 is 12.6 Å². The van der Waals surface area contributed by atoms with Gasteiger partial charge in [0.05, 0.1) is 23.5 Å². The van der Waals surface area contributed by atoms with Crippen LogP contribution in [0.4, 0.5) is 0 Å². The van der Waals surface area contributed by atoms with Gasteiger partial charge in [0.2, 0.25) is 0 Å². The maximum absolute atomic E-state index is 8.77. The lowest BCUT2D eigenvalue weighted by atomic mass is 10.2. The highest BCUT2D eigenvalue weighted by Crippen LogP contribution is 2.52. The molecule has 0 amide bonds. The highest BCUT2D eigenvalue weighted by atomic mass is 32.1. The summed E-state index contributed by atoms with van der Waals surface area (Å²) in [4.78, 5) is 0. The van der Waals surface area contributed by atoms with Crippen molar-refractivity contribution in [2.45, 2.75) is 19.1 Å². The van der Waals surface area contributed by atoms with E-state index in [0.717, 1.165) is 11.1 Å². The average Bonchev–Trinajstić information content (AvgIpc) is 3.00. The van der Waals surface area contributed by atoms with Crippen molar-refractivity contribution in [1.82, 2.24) is 0 Å². The second-order valence-corrected chi connectivity index (χ2v) is 3.91. The highest BCUT2D eigenvalue weighted by Gasteiger charge is 2.45. The van der Waals surface area contributed by atoms with Gasteiger partial charge in [-0.1, -0.05) is 0 Å². The zero-order valence-corrected chi connectivity index (χ0v) is 9.34. The Labute approximate surface area is 94.3 Å². The number of allylic oxidation sites excluding steroid dienone is 4. The molecule has 2 atom stereocenters. The van der Waals surface area contributed by atoms with Crippen LogP contribution in [0.25, 0.3) is 0 Å². The fourth-order valence-electron chi connectivity index (χ4n) is 1.62. The van der Waals surface area contributed by atoms with Gasteiger partial charge >= 0.3 is 0 Å². The topological polar surface area (TPSA) is 71.4 Å². The van der Waals surface area contributed by atoms with Gasteiger partial charge in [-0.2, -0.15) is 28.4 Å². The van der Waals surface area contributed by atoms with Crippen molar-refractivity contribution in [3.8, 4) is 18.2 Å². The molecule has 74 valence electrons. The monoisotopic (exact) mass is 215 g/mol. The molecule has 0 saturated heterocycles. The third-order valence-electron chi connectivity index (χ3n) is 2.42. The average molecular weight is 215 g/mol. The summed E-state index contributed by atoms with van der Waals surface area (Å²) in [6, 6.07) is 6.10. The normalized spacial score (nSPS) is 26.8. The van der Waals surface area contributed by atoms with Gasteiger partial charge in [0, 0.05) is 17.1 Å². The van der Waals surface area contributed by atoms with Gasteiger partial charge in [-0.05, 0) is 25.0 Å². The second-order valence-electron chi connectivity index (χ2n) is 3.35. The van der Waals surface area contributed by atoms with Crippen LogP contribution in [0, 0.1) is 39.9 Å². The van der Waals surface area contributed by atoms with Gasteiger partial charge in [-0.15, -0.1) is 0 Å². The minimum atomic E-state index is -0.471. The largest absolute Gasteiger partial charge is 0.197 e. The number of thiol groups is 1. The first-order chi connectivity index (χ1) is 7.08. The van der Waals surface area contributed by atoms with E-state index in [-0.39, 0.29) is 5.92 Å². The van der Waals surface area contributed by atoms with Crippen LogP contribution < -0.4 is 0 Å². The first-order valence-electron chi connectivity index (χ1n) is 4.38. The maximum Gasteiger partial charge on any atom is 0.0997 e. The van der Waals surface area contributed by atoms with Crippen molar-refractivity contribution >= 4 is 12.6 Å². The number of hydrogen-bond acceptors (Lipinski definition) is 4. The molecule has 0 radical (unpaired) electrons. The van der Waals surface area contributed by atoms with Crippen LogP contribution in [-0.2, 0) is 0 Å². The van der Waals surface area contributed by atoms with Gasteiger partial charge in [0.25, 0.3) is 0 Å². The molecule has 1 fully saturated rings. The third kappa shape index (κ3) is 1.89. The molecule has 1 aliphatic rings. The molecule has 0 N–H and O–H groups in total. The highest BCUT2D eigenvalue weighted by molar-refractivity contribution is 7.81. The smallest absolute Gasteiger partial charge is 0.0997 e. The van der Waals surface area contributed by atoms with Crippen molar-refractivity contribution in [1.29, 1.82) is 15.8 Å². The molecule has 0 bridgehead atoms. The molecule has 0 heterocycles. The zero-order chi connectivity index (χ0) is 11.6. The van der Waals surface area contributed by atoms with Crippen LogP contribution in [0.2, 0.25) is 0 Å². The fraction of sp³-hybridized carbons (Fsp3) is 0.364. The summed E-state index contributed by atoms with van der Waals surface area (Å²) in [5, 5.41) is 25.8. The SMILES string of the molecule is CC(C#N)=C1/C(=C(\C)C#N)C1C(S)C#N. The molecule has 15 heavy (non-hydrogen) atoms. The summed E-state index contributed by atoms with van der Waals surface area (Å²) in [6.07, 6.45) is 0. The van der Waals surface area contributed by atoms with E-state index >= 15 is 0 Å². The van der Waals surface area contributed by atoms with E-state index < -0.39 is 5.25 Å². The van der Waals surface area contributed by atoms with E-state index in [9.17, 15) is 0 Å². The Bertz CT molecular complexity index is 443. The molecule has 4 heteroatoms. The number of nitriles is 3. The minimum absolute atomic E-state index is 0.141. The van der Waals surface area contributed by atoms with E-state index in [2.05, 4.69) is 12.6 Å². The van der Waals surface area contributed by atoms with Crippen molar-refractivity contribution in [2.24, 2.45) is 5.92 Å². The maximum atomic E-state index is 8.77. The Kier molecular flexibility index (Phi) is 3.20. The first-order valence-corrected chi connectivity index (χ1v) is 4.89. The molecule has 1 aliphatic carbocycles. The zero-order valence-electron chi connectivity index (χ0n) is 8.44. The summed E-state index contributed by atoms with van der Waals surface area (Å²) in [5.41, 5.74) is 2.77. The molecule has 2 unspecified atom stereocenters. The Morgan fingerprint density at radius 2 is 1.53 bits per heavy atom. The lowest BCUT2D eigenvalue weighted by Gasteiger charge is -1.92. The van der Waals surface area contributed by atoms with E-state index in [1.807, 2.05) is 18.2 Å². The van der Waals surface area contributed by atoms with Crippen LogP contribution in [-0.4, -0.2) is 5.25 Å². The molecule has 1 rings (SSSR count). The van der Waals surface area contributed by atoms with Crippen LogP contribution in [0.15, 0.2) is 22.3 Å². The number of nitrogens with zero attached hydrogens (tertiary/aromatic N) is 3. The Morgan fingerprint density at radius 1 is 1.13 bits per heavy atom. The van der Waals surface area contributed by atoms with Crippen molar-refractivity contribution < 1.29 is 0 Å². The molecule has 0 aromatic rings. The van der Waals surface area contributed by atoms with Crippen molar-refractivity contribution in [3.63, 3.8) is 0 Å². The van der Waals surface area contributed by atoms with Gasteiger partial charge in [0.15, 0.2) is 0 Å². The van der Waals surface area contributed by atoms with Gasteiger partial charge in [0.1, 0.15) is 0 Å². The predicted octanol–water partition coefficient (Wildman–Crippen LogP) is 2.12. The van der Waals surface area contributed by atoms with E-state index in [1.165, 1.54) is 0 Å². The molecule has 0 aromatic carbocycles. The molecule has 0 aliphatic heterocycles. The molecule has 0 aromatic heterocycles. The molecule has 3 nitrogen and oxygen atoms in total. The van der Waals surface area contributed by atoms with Crippen LogP contribution in [0.5, 0.6) is 0 Å². The van der Waals surface area contributed by atoms with E-state index in [0.29, 0.717) is 11.1 Å². The van der Waals surface area contributed by atoms with E-state index in [4.69, 9.17) is 15.8 Å². The van der Waals surface area contributed by atoms with Gasteiger partial charge in [-0.3, -0.25) is 0 Å². The summed E-state index contributed by atoms with van der Waals surface area (Å²) >= 11 is 4.12. The van der Waals surface area contributed by atoms with Gasteiger partial charge < -0.3 is 0 Å². The van der Waals surface area contributed by atoms with Crippen molar-refractivity contribution in [2.75, 3.05) is 0 Å². The quantitative estimate of drug-likeness (QED) is 0.538. The fourth-order valence-corrected chi connectivity index (χ4v) is 1.92. The molecular weight excluding hydrogens is 206 g/mol. The third-order valence-corrected chi connectivity index (χ3v) is 2.83. The summed E-state index contributed by atoms with van der Waals surface area (Å²) in [6.45, 7) is 3.38. The number of hydrogen-bond donors (Lipinski definition) is 1. The predicted molar refractivity (Wildman–Crippen MR) is 58.5 cm³/mol.